The van der Waals surface area contributed by atoms with E-state index >= 15 is 0 Å². The van der Waals surface area contributed by atoms with Gasteiger partial charge in [-0.1, -0.05) is 64.5 Å². The van der Waals surface area contributed by atoms with Gasteiger partial charge in [0.05, 0.1) is 19.8 Å². The highest BCUT2D eigenvalue weighted by atomic mass is 79.9. The summed E-state index contributed by atoms with van der Waals surface area (Å²) in [6.45, 7) is 4.18. The molecule has 38 heavy (non-hydrogen) atoms. The molecule has 2 aromatic rings. The van der Waals surface area contributed by atoms with Crippen LogP contribution in [0.5, 0.6) is 0 Å². The van der Waals surface area contributed by atoms with Gasteiger partial charge in [0.25, 0.3) is 6.41 Å². The molecule has 2 aliphatic heterocycles. The van der Waals surface area contributed by atoms with Crippen LogP contribution in [0, 0.1) is 0 Å². The average molecular weight is 587 g/mol. The molecule has 2 heterocycles. The minimum atomic E-state index is -1.41. The second kappa shape index (κ2) is 13.8. The fraction of sp³-hybridized carbons (Fsp3) is 0.393. The standard InChI is InChI=1S/C28H31BrN2O7/c29-24-9-5-4-8-21(24)16-23-19-37-28(38-27(35)22(18-32)17-26(33)34)31(23)25(20-6-2-1-3-7-20)10-11-30-12-14-36-15-13-30/h1-9,17-18,23,25,28H,10-16,19H2,(H,33,34)/b22-17+. The third kappa shape index (κ3) is 7.36. The molecule has 0 aromatic heterocycles. The molecule has 202 valence electrons. The van der Waals surface area contributed by atoms with Crippen molar-refractivity contribution in [1.29, 1.82) is 0 Å². The summed E-state index contributed by atoms with van der Waals surface area (Å²) in [4.78, 5) is 39.7. The van der Waals surface area contributed by atoms with Crippen LogP contribution in [0.4, 0.5) is 0 Å². The van der Waals surface area contributed by atoms with E-state index in [9.17, 15) is 14.4 Å². The summed E-state index contributed by atoms with van der Waals surface area (Å²) in [6.07, 6.45) is 0.991. The van der Waals surface area contributed by atoms with E-state index in [0.717, 1.165) is 41.7 Å². The molecule has 1 N–H and O–H groups in total. The molecule has 0 bridgehead atoms. The van der Waals surface area contributed by atoms with E-state index in [1.54, 1.807) is 0 Å². The van der Waals surface area contributed by atoms with Crippen molar-refractivity contribution < 1.29 is 33.7 Å². The zero-order valence-electron chi connectivity index (χ0n) is 20.9. The number of rotatable bonds is 11. The number of benzene rings is 2. The number of nitrogens with zero attached hydrogens (tertiary/aromatic N) is 2. The Kier molecular flexibility index (Phi) is 10.2. The Labute approximate surface area is 230 Å². The highest BCUT2D eigenvalue weighted by molar-refractivity contribution is 9.10. The fourth-order valence-electron chi connectivity index (χ4n) is 4.84. The molecular formula is C28H31BrN2O7. The number of aliphatic carboxylic acids is 1. The Bertz CT molecular complexity index is 1140. The van der Waals surface area contributed by atoms with E-state index in [4.69, 9.17) is 19.3 Å². The number of esters is 1. The molecule has 0 aliphatic carbocycles. The Morgan fingerprint density at radius 3 is 2.50 bits per heavy atom. The summed E-state index contributed by atoms with van der Waals surface area (Å²) < 4.78 is 18.1. The van der Waals surface area contributed by atoms with E-state index in [-0.39, 0.29) is 18.4 Å². The summed E-state index contributed by atoms with van der Waals surface area (Å²) in [5.41, 5.74) is 1.54. The Hall–Kier alpha value is -2.89. The van der Waals surface area contributed by atoms with Gasteiger partial charge in [0, 0.05) is 42.3 Å². The monoisotopic (exact) mass is 586 g/mol. The van der Waals surface area contributed by atoms with Gasteiger partial charge in [0.2, 0.25) is 0 Å². The van der Waals surface area contributed by atoms with Gasteiger partial charge in [-0.3, -0.25) is 9.69 Å². The predicted molar refractivity (Wildman–Crippen MR) is 142 cm³/mol. The van der Waals surface area contributed by atoms with Crippen molar-refractivity contribution in [2.24, 2.45) is 0 Å². The lowest BCUT2D eigenvalue weighted by molar-refractivity contribution is -0.197. The van der Waals surface area contributed by atoms with Crippen LogP contribution < -0.4 is 0 Å². The summed E-state index contributed by atoms with van der Waals surface area (Å²) in [7, 11) is 0. The maximum Gasteiger partial charge on any atom is 0.345 e. The summed E-state index contributed by atoms with van der Waals surface area (Å²) in [5.74, 6) is -2.45. The van der Waals surface area contributed by atoms with E-state index in [2.05, 4.69) is 20.8 Å². The largest absolute Gasteiger partial charge is 0.478 e. The molecular weight excluding hydrogens is 556 g/mol. The molecule has 0 amide bonds. The van der Waals surface area contributed by atoms with Crippen LogP contribution in [-0.4, -0.2) is 85.0 Å². The van der Waals surface area contributed by atoms with Crippen LogP contribution in [0.15, 0.2) is 70.7 Å². The topological polar surface area (TPSA) is 106 Å². The number of carbonyl (C=O) groups is 3. The number of carboxylic acids is 1. The number of hydrogen-bond acceptors (Lipinski definition) is 8. The van der Waals surface area contributed by atoms with Crippen LogP contribution in [0.25, 0.3) is 0 Å². The Balaban J connectivity index is 1.65. The van der Waals surface area contributed by atoms with Crippen molar-refractivity contribution in [3.8, 4) is 0 Å². The highest BCUT2D eigenvalue weighted by Crippen LogP contribution is 2.36. The quantitative estimate of drug-likeness (QED) is 0.140. The molecule has 0 spiro atoms. The lowest BCUT2D eigenvalue weighted by atomic mass is 9.98. The lowest BCUT2D eigenvalue weighted by Crippen LogP contribution is -2.45. The summed E-state index contributed by atoms with van der Waals surface area (Å²) >= 11 is 3.63. The molecule has 0 saturated carbocycles. The zero-order valence-corrected chi connectivity index (χ0v) is 22.5. The first kappa shape index (κ1) is 28.1. The second-order valence-corrected chi connectivity index (χ2v) is 10.0. The molecule has 0 radical (unpaired) electrons. The van der Waals surface area contributed by atoms with Crippen molar-refractivity contribution in [2.75, 3.05) is 39.5 Å². The van der Waals surface area contributed by atoms with E-state index in [1.165, 1.54) is 0 Å². The first-order chi connectivity index (χ1) is 18.5. The molecule has 4 rings (SSSR count). The van der Waals surface area contributed by atoms with Crippen molar-refractivity contribution >= 4 is 34.2 Å². The van der Waals surface area contributed by atoms with Crippen LogP contribution in [0.3, 0.4) is 0 Å². The number of halogens is 1. The van der Waals surface area contributed by atoms with Crippen molar-refractivity contribution in [3.63, 3.8) is 0 Å². The minimum Gasteiger partial charge on any atom is -0.478 e. The molecule has 3 atom stereocenters. The lowest BCUT2D eigenvalue weighted by Gasteiger charge is -2.37. The molecule has 3 unspecified atom stereocenters. The number of carboxylic acid groups (broad SMARTS) is 1. The Morgan fingerprint density at radius 1 is 1.11 bits per heavy atom. The number of hydrogen-bond donors (Lipinski definition) is 1. The molecule has 2 saturated heterocycles. The van der Waals surface area contributed by atoms with E-state index in [1.807, 2.05) is 59.5 Å². The van der Waals surface area contributed by atoms with Crippen molar-refractivity contribution in [2.45, 2.75) is 31.3 Å². The van der Waals surface area contributed by atoms with Gasteiger partial charge in [-0.05, 0) is 30.0 Å². The normalized spacial score (nSPS) is 21.7. The molecule has 9 nitrogen and oxygen atoms in total. The summed E-state index contributed by atoms with van der Waals surface area (Å²) in [6, 6.07) is 17.6. The van der Waals surface area contributed by atoms with Gasteiger partial charge in [-0.2, -0.15) is 0 Å². The maximum absolute atomic E-state index is 12.8. The number of ether oxygens (including phenoxy) is 3. The summed E-state index contributed by atoms with van der Waals surface area (Å²) in [5, 5.41) is 9.04. The predicted octanol–water partition coefficient (Wildman–Crippen LogP) is 3.19. The molecule has 2 fully saturated rings. The smallest absolute Gasteiger partial charge is 0.345 e. The van der Waals surface area contributed by atoms with Crippen LogP contribution in [0.1, 0.15) is 23.6 Å². The van der Waals surface area contributed by atoms with Gasteiger partial charge >= 0.3 is 11.9 Å². The van der Waals surface area contributed by atoms with Gasteiger partial charge in [-0.15, -0.1) is 0 Å². The third-order valence-corrected chi connectivity index (χ3v) is 7.50. The molecule has 10 heteroatoms. The molecule has 2 aliphatic rings. The van der Waals surface area contributed by atoms with E-state index < -0.39 is 23.9 Å². The van der Waals surface area contributed by atoms with Gasteiger partial charge < -0.3 is 19.3 Å². The second-order valence-electron chi connectivity index (χ2n) is 9.17. The zero-order chi connectivity index (χ0) is 26.9. The fourth-order valence-corrected chi connectivity index (χ4v) is 5.29. The minimum absolute atomic E-state index is 0.149. The number of carbonyl (C=O) groups excluding carboxylic acids is 2. The van der Waals surface area contributed by atoms with Crippen LogP contribution in [-0.2, 0) is 35.0 Å². The average Bonchev–Trinajstić information content (AvgIpc) is 3.31. The Morgan fingerprint density at radius 2 is 1.82 bits per heavy atom. The van der Waals surface area contributed by atoms with Crippen LogP contribution in [0.2, 0.25) is 0 Å². The van der Waals surface area contributed by atoms with Gasteiger partial charge in [0.15, 0.2) is 6.29 Å². The number of morpholine rings is 1. The van der Waals surface area contributed by atoms with Crippen molar-refractivity contribution in [1.82, 2.24) is 9.80 Å². The first-order valence-electron chi connectivity index (χ1n) is 12.5. The molecule has 2 aromatic carbocycles. The van der Waals surface area contributed by atoms with Crippen LogP contribution >= 0.6 is 15.9 Å². The van der Waals surface area contributed by atoms with Crippen molar-refractivity contribution in [3.05, 3.63) is 81.8 Å². The van der Waals surface area contributed by atoms with E-state index in [0.29, 0.717) is 32.3 Å². The van der Waals surface area contributed by atoms with Gasteiger partial charge in [-0.25, -0.2) is 14.5 Å². The SMILES string of the molecule is O=C/C(=C\C(=O)O)C(=O)OC1OCC(Cc2ccccc2Br)N1C(CCN1CCOCC1)c1ccccc1. The highest BCUT2D eigenvalue weighted by Gasteiger charge is 2.42. The first-order valence-corrected chi connectivity index (χ1v) is 13.3. The number of aldehydes is 1. The third-order valence-electron chi connectivity index (χ3n) is 6.73. The van der Waals surface area contributed by atoms with Gasteiger partial charge in [0.1, 0.15) is 5.57 Å². The maximum atomic E-state index is 12.8.